The smallest absolute Gasteiger partial charge is 0.109 e. The van der Waals surface area contributed by atoms with E-state index >= 15 is 0 Å². The van der Waals surface area contributed by atoms with Crippen LogP contribution in [0, 0.1) is 0 Å². The van der Waals surface area contributed by atoms with Crippen molar-refractivity contribution < 1.29 is 9.13 Å². The van der Waals surface area contributed by atoms with Crippen molar-refractivity contribution in [1.29, 1.82) is 0 Å². The van der Waals surface area contributed by atoms with Crippen molar-refractivity contribution >= 4 is 15.9 Å². The van der Waals surface area contributed by atoms with Crippen LogP contribution in [0.2, 0.25) is 0 Å². The van der Waals surface area contributed by atoms with Crippen LogP contribution in [-0.4, -0.2) is 23.1 Å². The van der Waals surface area contributed by atoms with E-state index in [2.05, 4.69) is 21.0 Å². The van der Waals surface area contributed by atoms with Crippen molar-refractivity contribution in [3.8, 4) is 0 Å². The Bertz CT molecular complexity index is 265. The van der Waals surface area contributed by atoms with Crippen LogP contribution in [-0.2, 0) is 17.9 Å². The molecule has 0 aliphatic heterocycles. The van der Waals surface area contributed by atoms with Crippen LogP contribution in [0.5, 0.6) is 0 Å². The fourth-order valence-corrected chi connectivity index (χ4v) is 1.41. The average molecular weight is 251 g/mol. The molecule has 0 N–H and O–H groups in total. The molecule has 0 aliphatic rings. The van der Waals surface area contributed by atoms with E-state index in [1.54, 1.807) is 10.9 Å². The molecule has 1 rings (SSSR count). The molecule has 3 nitrogen and oxygen atoms in total. The predicted molar refractivity (Wildman–Crippen MR) is 51.2 cm³/mol. The van der Waals surface area contributed by atoms with E-state index in [-0.39, 0.29) is 6.54 Å². The lowest BCUT2D eigenvalue weighted by atomic mass is 10.4. The molecule has 0 amide bonds. The first-order chi connectivity index (χ1) is 6.29. The minimum atomic E-state index is -0.409. The van der Waals surface area contributed by atoms with Gasteiger partial charge in [-0.3, -0.25) is 4.68 Å². The van der Waals surface area contributed by atoms with Gasteiger partial charge in [0.25, 0.3) is 0 Å². The van der Waals surface area contributed by atoms with Crippen LogP contribution in [0.25, 0.3) is 0 Å². The lowest BCUT2D eigenvalue weighted by molar-refractivity contribution is 0.126. The molecule has 74 valence electrons. The molecule has 13 heavy (non-hydrogen) atoms. The van der Waals surface area contributed by atoms with E-state index < -0.39 is 6.67 Å². The molecule has 1 aromatic heterocycles. The minimum Gasteiger partial charge on any atom is -0.375 e. The number of aryl methyl sites for hydroxylation is 1. The van der Waals surface area contributed by atoms with Crippen molar-refractivity contribution in [2.45, 2.75) is 20.1 Å². The quantitative estimate of drug-likeness (QED) is 0.801. The third-order valence-electron chi connectivity index (χ3n) is 1.64. The minimum absolute atomic E-state index is 0.286. The first-order valence-corrected chi connectivity index (χ1v) is 4.92. The van der Waals surface area contributed by atoms with Gasteiger partial charge in [-0.1, -0.05) is 0 Å². The molecule has 1 aromatic rings. The largest absolute Gasteiger partial charge is 0.375 e. The molecule has 0 aromatic carbocycles. The molecular weight excluding hydrogens is 239 g/mol. The van der Waals surface area contributed by atoms with Gasteiger partial charge in [-0.15, -0.1) is 0 Å². The van der Waals surface area contributed by atoms with Crippen LogP contribution in [0.3, 0.4) is 0 Å². The monoisotopic (exact) mass is 250 g/mol. The van der Waals surface area contributed by atoms with E-state index in [1.807, 2.05) is 6.92 Å². The number of halogens is 2. The lowest BCUT2D eigenvalue weighted by Crippen LogP contribution is -2.08. The summed E-state index contributed by atoms with van der Waals surface area (Å²) in [5.41, 5.74) is 0.888. The molecule has 0 unspecified atom stereocenters. The Morgan fingerprint density at radius 3 is 3.08 bits per heavy atom. The molecule has 0 saturated heterocycles. The van der Waals surface area contributed by atoms with Gasteiger partial charge >= 0.3 is 0 Å². The van der Waals surface area contributed by atoms with Crippen molar-refractivity contribution in [3.05, 3.63) is 16.4 Å². The van der Waals surface area contributed by atoms with E-state index in [0.717, 1.165) is 10.2 Å². The lowest BCUT2D eigenvalue weighted by Gasteiger charge is -2.05. The maximum atomic E-state index is 12.1. The second-order valence-corrected chi connectivity index (χ2v) is 3.34. The van der Waals surface area contributed by atoms with Crippen LogP contribution >= 0.6 is 15.9 Å². The highest BCUT2D eigenvalue weighted by atomic mass is 79.9. The standard InChI is InChI=1S/C8H12BrFN2O/c1-2-13-6-8-7(9)5-11-12(8)4-3-10/h5H,2-4,6H2,1H3. The van der Waals surface area contributed by atoms with E-state index in [9.17, 15) is 4.39 Å². The number of hydrogen-bond acceptors (Lipinski definition) is 2. The van der Waals surface area contributed by atoms with Crippen LogP contribution in [0.15, 0.2) is 10.7 Å². The summed E-state index contributed by atoms with van der Waals surface area (Å²) < 4.78 is 19.8. The van der Waals surface area contributed by atoms with Gasteiger partial charge in [-0.05, 0) is 22.9 Å². The average Bonchev–Trinajstić information content (AvgIpc) is 2.45. The number of nitrogens with zero attached hydrogens (tertiary/aromatic N) is 2. The summed E-state index contributed by atoms with van der Waals surface area (Å²) in [6.07, 6.45) is 1.66. The molecule has 5 heteroatoms. The molecule has 0 bridgehead atoms. The summed E-state index contributed by atoms with van der Waals surface area (Å²) in [5, 5.41) is 4.01. The van der Waals surface area contributed by atoms with Gasteiger partial charge < -0.3 is 4.74 Å². The summed E-state index contributed by atoms with van der Waals surface area (Å²) in [6.45, 7) is 2.91. The number of aromatic nitrogens is 2. The number of ether oxygens (including phenoxy) is 1. The van der Waals surface area contributed by atoms with Crippen LogP contribution < -0.4 is 0 Å². The highest BCUT2D eigenvalue weighted by Gasteiger charge is 2.07. The third-order valence-corrected chi connectivity index (χ3v) is 2.30. The van der Waals surface area contributed by atoms with Gasteiger partial charge in [0.1, 0.15) is 6.67 Å². The van der Waals surface area contributed by atoms with Crippen molar-refractivity contribution in [3.63, 3.8) is 0 Å². The van der Waals surface area contributed by atoms with Crippen molar-refractivity contribution in [1.82, 2.24) is 9.78 Å². The molecule has 1 heterocycles. The number of alkyl halides is 1. The first kappa shape index (κ1) is 10.7. The SMILES string of the molecule is CCOCc1c(Br)cnn1CCF. The van der Waals surface area contributed by atoms with Gasteiger partial charge in [-0.25, -0.2) is 4.39 Å². The van der Waals surface area contributed by atoms with Crippen LogP contribution in [0.4, 0.5) is 4.39 Å². The molecule has 0 fully saturated rings. The highest BCUT2D eigenvalue weighted by molar-refractivity contribution is 9.10. The summed E-state index contributed by atoms with van der Waals surface area (Å²) >= 11 is 3.33. The summed E-state index contributed by atoms with van der Waals surface area (Å²) in [5.74, 6) is 0. The first-order valence-electron chi connectivity index (χ1n) is 4.13. The van der Waals surface area contributed by atoms with Gasteiger partial charge in [0.2, 0.25) is 0 Å². The normalized spacial score (nSPS) is 10.7. The summed E-state index contributed by atoms with van der Waals surface area (Å²) in [6, 6.07) is 0. The topological polar surface area (TPSA) is 27.1 Å². The van der Waals surface area contributed by atoms with Gasteiger partial charge in [-0.2, -0.15) is 5.10 Å². The molecule has 0 aliphatic carbocycles. The van der Waals surface area contributed by atoms with E-state index in [0.29, 0.717) is 13.2 Å². The Balaban J connectivity index is 2.69. The molecular formula is C8H12BrFN2O. The Morgan fingerprint density at radius 2 is 2.46 bits per heavy atom. The van der Waals surface area contributed by atoms with E-state index in [4.69, 9.17) is 4.74 Å². The molecule has 0 saturated carbocycles. The van der Waals surface area contributed by atoms with Gasteiger partial charge in [0, 0.05) is 6.61 Å². The van der Waals surface area contributed by atoms with Gasteiger partial charge in [0.05, 0.1) is 29.5 Å². The predicted octanol–water partition coefficient (Wildman–Crippen LogP) is 2.15. The zero-order valence-electron chi connectivity index (χ0n) is 7.46. The van der Waals surface area contributed by atoms with Crippen molar-refractivity contribution in [2.75, 3.05) is 13.3 Å². The summed E-state index contributed by atoms with van der Waals surface area (Å²) in [4.78, 5) is 0. The van der Waals surface area contributed by atoms with E-state index in [1.165, 1.54) is 0 Å². The van der Waals surface area contributed by atoms with Crippen molar-refractivity contribution in [2.24, 2.45) is 0 Å². The Morgan fingerprint density at radius 1 is 1.69 bits per heavy atom. The zero-order valence-corrected chi connectivity index (χ0v) is 9.05. The Kier molecular flexibility index (Phi) is 4.38. The maximum absolute atomic E-state index is 12.1. The fourth-order valence-electron chi connectivity index (χ4n) is 1.00. The van der Waals surface area contributed by atoms with Gasteiger partial charge in [0.15, 0.2) is 0 Å². The number of rotatable bonds is 5. The fraction of sp³-hybridized carbons (Fsp3) is 0.625. The third kappa shape index (κ3) is 2.77. The Labute approximate surface area is 85.0 Å². The van der Waals surface area contributed by atoms with Crippen LogP contribution in [0.1, 0.15) is 12.6 Å². The highest BCUT2D eigenvalue weighted by Crippen LogP contribution is 2.16. The molecule has 0 spiro atoms. The number of hydrogen-bond donors (Lipinski definition) is 0. The second-order valence-electron chi connectivity index (χ2n) is 2.49. The summed E-state index contributed by atoms with van der Waals surface area (Å²) in [7, 11) is 0. The molecule has 0 atom stereocenters. The molecule has 0 radical (unpaired) electrons. The second kappa shape index (κ2) is 5.34. The maximum Gasteiger partial charge on any atom is 0.109 e. The Hall–Kier alpha value is -0.420. The zero-order chi connectivity index (χ0) is 9.68.